The number of halogens is 2. The Morgan fingerprint density at radius 1 is 0.952 bits per heavy atom. The van der Waals surface area contributed by atoms with Crippen molar-refractivity contribution in [3.05, 3.63) is 106 Å². The molecule has 0 spiro atoms. The highest BCUT2D eigenvalue weighted by molar-refractivity contribution is 7.90. The number of carbonyl (C=O) groups is 1. The molecule has 1 N–H and O–H groups in total. The normalized spacial score (nSPS) is 11.4. The van der Waals surface area contributed by atoms with E-state index in [9.17, 15) is 13.2 Å². The molecule has 0 aliphatic rings. The predicted molar refractivity (Wildman–Crippen MR) is 168 cm³/mol. The van der Waals surface area contributed by atoms with E-state index in [1.54, 1.807) is 91.8 Å². The number of ether oxygens (including phenoxy) is 2. The van der Waals surface area contributed by atoms with E-state index in [-0.39, 0.29) is 10.8 Å². The topological polar surface area (TPSA) is 97.3 Å². The second kappa shape index (κ2) is 13.7. The third-order valence-corrected chi connectivity index (χ3v) is 7.98. The highest BCUT2D eigenvalue weighted by Crippen LogP contribution is 2.31. The van der Waals surface area contributed by atoms with Crippen molar-refractivity contribution in [1.82, 2.24) is 4.90 Å². The van der Waals surface area contributed by atoms with Crippen molar-refractivity contribution < 1.29 is 22.7 Å². The molecule has 0 saturated heterocycles. The minimum atomic E-state index is -3.91. The van der Waals surface area contributed by atoms with Crippen molar-refractivity contribution in [3.63, 3.8) is 0 Å². The second-order valence-corrected chi connectivity index (χ2v) is 11.8. The van der Waals surface area contributed by atoms with Crippen molar-refractivity contribution in [2.24, 2.45) is 4.40 Å². The van der Waals surface area contributed by atoms with E-state index < -0.39 is 10.0 Å². The Kier molecular flexibility index (Phi) is 10.1. The maximum Gasteiger partial charge on any atom is 0.284 e. The van der Waals surface area contributed by atoms with E-state index in [0.717, 1.165) is 5.56 Å². The van der Waals surface area contributed by atoms with Gasteiger partial charge in [0, 0.05) is 47.4 Å². The smallest absolute Gasteiger partial charge is 0.284 e. The van der Waals surface area contributed by atoms with Gasteiger partial charge in [-0.05, 0) is 59.7 Å². The highest BCUT2D eigenvalue weighted by atomic mass is 35.5. The Morgan fingerprint density at radius 3 is 2.38 bits per heavy atom. The maximum atomic E-state index is 13.1. The van der Waals surface area contributed by atoms with Crippen molar-refractivity contribution in [1.29, 1.82) is 0 Å². The molecular formula is C31H29Cl2N3O5S. The summed E-state index contributed by atoms with van der Waals surface area (Å²) in [4.78, 5) is 14.7. The highest BCUT2D eigenvalue weighted by Gasteiger charge is 2.18. The van der Waals surface area contributed by atoms with Gasteiger partial charge < -0.3 is 19.7 Å². The number of nitrogens with one attached hydrogen (secondary N) is 1. The van der Waals surface area contributed by atoms with Crippen molar-refractivity contribution in [2.75, 3.05) is 33.1 Å². The predicted octanol–water partition coefficient (Wildman–Crippen LogP) is 6.82. The average Bonchev–Trinajstić information content (AvgIpc) is 2.97. The summed E-state index contributed by atoms with van der Waals surface area (Å²) in [5.41, 5.74) is 2.95. The van der Waals surface area contributed by atoms with Gasteiger partial charge in [0.1, 0.15) is 6.34 Å². The molecule has 0 bridgehead atoms. The number of hydrogen-bond donors (Lipinski definition) is 1. The van der Waals surface area contributed by atoms with Crippen LogP contribution in [0.4, 0.5) is 5.69 Å². The van der Waals surface area contributed by atoms with Crippen LogP contribution in [0.3, 0.4) is 0 Å². The first kappa shape index (κ1) is 30.9. The minimum Gasteiger partial charge on any atom is -0.493 e. The molecule has 1 amide bonds. The number of anilines is 1. The van der Waals surface area contributed by atoms with Crippen LogP contribution < -0.4 is 14.8 Å². The fourth-order valence-electron chi connectivity index (χ4n) is 4.01. The molecule has 4 aromatic rings. The molecule has 11 heteroatoms. The van der Waals surface area contributed by atoms with Crippen LogP contribution in [0.15, 0.2) is 94.2 Å². The molecule has 4 aromatic carbocycles. The molecule has 0 fully saturated rings. The molecular weight excluding hydrogens is 597 g/mol. The van der Waals surface area contributed by atoms with Gasteiger partial charge in [0.2, 0.25) is 0 Å². The molecule has 0 aliphatic heterocycles. The first-order valence-electron chi connectivity index (χ1n) is 12.8. The van der Waals surface area contributed by atoms with E-state index >= 15 is 0 Å². The zero-order valence-electron chi connectivity index (χ0n) is 23.2. The van der Waals surface area contributed by atoms with Crippen LogP contribution in [0, 0.1) is 0 Å². The number of rotatable bonds is 11. The third kappa shape index (κ3) is 7.82. The van der Waals surface area contributed by atoms with E-state index in [1.807, 2.05) is 6.07 Å². The van der Waals surface area contributed by atoms with Gasteiger partial charge in [-0.25, -0.2) is 0 Å². The molecule has 42 heavy (non-hydrogen) atoms. The molecule has 0 unspecified atom stereocenters. The summed E-state index contributed by atoms with van der Waals surface area (Å²) < 4.78 is 40.7. The molecule has 0 atom stereocenters. The summed E-state index contributed by atoms with van der Waals surface area (Å²) in [6, 6.07) is 23.7. The van der Waals surface area contributed by atoms with Gasteiger partial charge in [-0.1, -0.05) is 59.6 Å². The minimum absolute atomic E-state index is 0.0870. The number of hydrogen-bond acceptors (Lipinski definition) is 5. The molecule has 218 valence electrons. The largest absolute Gasteiger partial charge is 0.493 e. The number of nitrogens with zero attached hydrogens (tertiary/aromatic N) is 2. The monoisotopic (exact) mass is 625 g/mol. The van der Waals surface area contributed by atoms with Gasteiger partial charge in [0.05, 0.1) is 18.6 Å². The Morgan fingerprint density at radius 2 is 1.69 bits per heavy atom. The lowest BCUT2D eigenvalue weighted by molar-refractivity contribution is 0.102. The molecule has 0 saturated carbocycles. The van der Waals surface area contributed by atoms with Crippen LogP contribution in [0.5, 0.6) is 11.5 Å². The third-order valence-electron chi connectivity index (χ3n) is 6.11. The fourth-order valence-corrected chi connectivity index (χ4v) is 5.65. The fraction of sp³-hybridized carbons (Fsp3) is 0.161. The Hall–Kier alpha value is -4.05. The van der Waals surface area contributed by atoms with E-state index in [0.29, 0.717) is 56.9 Å². The van der Waals surface area contributed by atoms with Gasteiger partial charge in [-0.3, -0.25) is 4.79 Å². The Bertz CT molecular complexity index is 1710. The van der Waals surface area contributed by atoms with E-state index in [1.165, 1.54) is 19.5 Å². The molecule has 0 radical (unpaired) electrons. The number of benzene rings is 4. The van der Waals surface area contributed by atoms with E-state index in [4.69, 9.17) is 32.7 Å². The summed E-state index contributed by atoms with van der Waals surface area (Å²) >= 11 is 12.2. The Labute approximate surface area is 255 Å². The van der Waals surface area contributed by atoms with Crippen LogP contribution in [0.2, 0.25) is 10.0 Å². The van der Waals surface area contributed by atoms with Gasteiger partial charge in [-0.2, -0.15) is 8.42 Å². The van der Waals surface area contributed by atoms with Gasteiger partial charge in [0.15, 0.2) is 11.5 Å². The number of carbonyl (C=O) groups excluding carboxylic acids is 1. The summed E-state index contributed by atoms with van der Waals surface area (Å²) in [5.74, 6) is 0.555. The van der Waals surface area contributed by atoms with Gasteiger partial charge >= 0.3 is 0 Å². The van der Waals surface area contributed by atoms with Crippen LogP contribution >= 0.6 is 23.2 Å². The molecule has 4 rings (SSSR count). The molecule has 0 aromatic heterocycles. The SMILES string of the molecule is COc1ccc(C(=O)Nc2ccc(-c3ccccc3S(=O)(=O)/N=C/N(C)C)cc2)cc1OCCc1ccc(Cl)cc1Cl. The van der Waals surface area contributed by atoms with Crippen LogP contribution in [-0.2, 0) is 16.4 Å². The lowest BCUT2D eigenvalue weighted by Crippen LogP contribution is -2.12. The number of methoxy groups -OCH3 is 1. The summed E-state index contributed by atoms with van der Waals surface area (Å²) in [7, 11) is 0.997. The molecule has 8 nitrogen and oxygen atoms in total. The first-order chi connectivity index (χ1) is 20.1. The van der Waals surface area contributed by atoms with Gasteiger partial charge in [-0.15, -0.1) is 4.40 Å². The summed E-state index contributed by atoms with van der Waals surface area (Å²) in [6.45, 7) is 0.307. The molecule has 0 aliphatic carbocycles. The standard InChI is InChI=1S/C31H29Cl2N3O5S/c1-36(2)20-34-42(38,39)30-7-5-4-6-26(30)21-9-13-25(14-10-21)35-31(37)23-11-15-28(40-3)29(18-23)41-17-16-22-8-12-24(32)19-27(22)33/h4-15,18-20H,16-17H2,1-3H3,(H,35,37)/b34-20+. The molecule has 0 heterocycles. The van der Waals surface area contributed by atoms with Crippen molar-refractivity contribution in [2.45, 2.75) is 11.3 Å². The zero-order chi connectivity index (χ0) is 30.3. The van der Waals surface area contributed by atoms with E-state index in [2.05, 4.69) is 9.71 Å². The van der Waals surface area contributed by atoms with Crippen molar-refractivity contribution in [3.8, 4) is 22.6 Å². The quantitative estimate of drug-likeness (QED) is 0.145. The first-order valence-corrected chi connectivity index (χ1v) is 15.0. The average molecular weight is 627 g/mol. The maximum absolute atomic E-state index is 13.1. The van der Waals surface area contributed by atoms with Gasteiger partial charge in [0.25, 0.3) is 15.9 Å². The second-order valence-electron chi connectivity index (χ2n) is 9.39. The van der Waals surface area contributed by atoms with Crippen LogP contribution in [0.1, 0.15) is 15.9 Å². The van der Waals surface area contributed by atoms with Crippen LogP contribution in [0.25, 0.3) is 11.1 Å². The summed E-state index contributed by atoms with van der Waals surface area (Å²) in [6.07, 6.45) is 1.78. The number of sulfonamides is 1. The Balaban J connectivity index is 1.47. The lowest BCUT2D eigenvalue weighted by Gasteiger charge is -2.13. The zero-order valence-corrected chi connectivity index (χ0v) is 25.5. The lowest BCUT2D eigenvalue weighted by atomic mass is 10.1. The summed E-state index contributed by atoms with van der Waals surface area (Å²) in [5, 5.41) is 3.98. The van der Waals surface area contributed by atoms with Crippen molar-refractivity contribution >= 4 is 51.2 Å². The number of amides is 1. The van der Waals surface area contributed by atoms with Crippen LogP contribution in [-0.4, -0.2) is 53.4 Å².